The number of thiazole rings is 1. The van der Waals surface area contributed by atoms with E-state index >= 15 is 0 Å². The van der Waals surface area contributed by atoms with Crippen molar-refractivity contribution < 1.29 is 9.59 Å². The molecule has 2 N–H and O–H groups in total. The highest BCUT2D eigenvalue weighted by Gasteiger charge is 2.23. The SMILES string of the molecule is Cc1ccc(CNC(=O)Cc2csc(NC(=O)C3CCCC3)n2)cc1. The molecule has 0 unspecified atom stereocenters. The van der Waals surface area contributed by atoms with Crippen LogP contribution in [0.25, 0.3) is 0 Å². The lowest BCUT2D eigenvalue weighted by Gasteiger charge is -2.07. The molecule has 132 valence electrons. The number of rotatable bonds is 6. The van der Waals surface area contributed by atoms with Gasteiger partial charge in [0, 0.05) is 17.8 Å². The number of aryl methyl sites for hydroxylation is 1. The van der Waals surface area contributed by atoms with E-state index in [-0.39, 0.29) is 24.2 Å². The van der Waals surface area contributed by atoms with Crippen molar-refractivity contribution in [3.8, 4) is 0 Å². The number of carbonyl (C=O) groups excluding carboxylic acids is 2. The lowest BCUT2D eigenvalue weighted by Crippen LogP contribution is -2.24. The highest BCUT2D eigenvalue weighted by Crippen LogP contribution is 2.26. The maximum Gasteiger partial charge on any atom is 0.229 e. The summed E-state index contributed by atoms with van der Waals surface area (Å²) in [4.78, 5) is 28.5. The lowest BCUT2D eigenvalue weighted by molar-refractivity contribution is -0.121. The molecule has 25 heavy (non-hydrogen) atoms. The Morgan fingerprint density at radius 1 is 1.20 bits per heavy atom. The van der Waals surface area contributed by atoms with E-state index in [1.54, 1.807) is 0 Å². The van der Waals surface area contributed by atoms with Crippen LogP contribution in [0.3, 0.4) is 0 Å². The van der Waals surface area contributed by atoms with Crippen LogP contribution in [-0.4, -0.2) is 16.8 Å². The Labute approximate surface area is 151 Å². The van der Waals surface area contributed by atoms with Gasteiger partial charge in [0.15, 0.2) is 5.13 Å². The van der Waals surface area contributed by atoms with Crippen molar-refractivity contribution in [1.29, 1.82) is 0 Å². The summed E-state index contributed by atoms with van der Waals surface area (Å²) in [5, 5.41) is 8.19. The molecule has 0 spiro atoms. The fourth-order valence-corrected chi connectivity index (χ4v) is 3.69. The van der Waals surface area contributed by atoms with E-state index in [0.717, 1.165) is 31.2 Å². The first-order valence-electron chi connectivity index (χ1n) is 8.67. The Balaban J connectivity index is 1.46. The molecule has 0 aliphatic heterocycles. The number of hydrogen-bond acceptors (Lipinski definition) is 4. The van der Waals surface area contributed by atoms with Crippen molar-refractivity contribution in [1.82, 2.24) is 10.3 Å². The van der Waals surface area contributed by atoms with Crippen LogP contribution in [-0.2, 0) is 22.6 Å². The molecule has 6 heteroatoms. The summed E-state index contributed by atoms with van der Waals surface area (Å²) < 4.78 is 0. The van der Waals surface area contributed by atoms with Crippen LogP contribution in [0.4, 0.5) is 5.13 Å². The van der Waals surface area contributed by atoms with Crippen LogP contribution in [0.5, 0.6) is 0 Å². The molecule has 1 aliphatic carbocycles. The maximum atomic E-state index is 12.1. The van der Waals surface area contributed by atoms with E-state index < -0.39 is 0 Å². The summed E-state index contributed by atoms with van der Waals surface area (Å²) in [5.74, 6) is 0.104. The fraction of sp³-hybridized carbons (Fsp3) is 0.421. The van der Waals surface area contributed by atoms with Gasteiger partial charge >= 0.3 is 0 Å². The lowest BCUT2D eigenvalue weighted by atomic mass is 10.1. The van der Waals surface area contributed by atoms with Gasteiger partial charge < -0.3 is 10.6 Å². The van der Waals surface area contributed by atoms with Gasteiger partial charge in [0.25, 0.3) is 0 Å². The molecule has 5 nitrogen and oxygen atoms in total. The molecular formula is C19H23N3O2S. The summed E-state index contributed by atoms with van der Waals surface area (Å²) in [6, 6.07) is 8.08. The number of nitrogens with one attached hydrogen (secondary N) is 2. The van der Waals surface area contributed by atoms with Gasteiger partial charge in [0.2, 0.25) is 11.8 Å². The molecule has 0 saturated heterocycles. The zero-order valence-corrected chi connectivity index (χ0v) is 15.2. The van der Waals surface area contributed by atoms with Crippen molar-refractivity contribution in [2.75, 3.05) is 5.32 Å². The van der Waals surface area contributed by atoms with Crippen molar-refractivity contribution in [2.24, 2.45) is 5.92 Å². The standard InChI is InChI=1S/C19H23N3O2S/c1-13-6-8-14(9-7-13)11-20-17(23)10-16-12-25-19(21-16)22-18(24)15-4-2-3-5-15/h6-9,12,15H,2-5,10-11H2,1H3,(H,20,23)(H,21,22,24). The number of nitrogens with zero attached hydrogens (tertiary/aromatic N) is 1. The number of benzene rings is 1. The third-order valence-electron chi connectivity index (χ3n) is 4.46. The van der Waals surface area contributed by atoms with Gasteiger partial charge in [0.1, 0.15) is 0 Å². The van der Waals surface area contributed by atoms with E-state index in [0.29, 0.717) is 17.4 Å². The summed E-state index contributed by atoms with van der Waals surface area (Å²) in [7, 11) is 0. The van der Waals surface area contributed by atoms with Gasteiger partial charge in [-0.1, -0.05) is 42.7 Å². The number of hydrogen-bond donors (Lipinski definition) is 2. The summed E-state index contributed by atoms with van der Waals surface area (Å²) >= 11 is 1.37. The maximum absolute atomic E-state index is 12.1. The third kappa shape index (κ3) is 5.13. The summed E-state index contributed by atoms with van der Waals surface area (Å²) in [5.41, 5.74) is 2.96. The molecule has 2 aromatic rings. The minimum Gasteiger partial charge on any atom is -0.352 e. The van der Waals surface area contributed by atoms with Crippen molar-refractivity contribution >= 4 is 28.3 Å². The largest absolute Gasteiger partial charge is 0.352 e. The van der Waals surface area contributed by atoms with Crippen LogP contribution in [0.15, 0.2) is 29.6 Å². The molecule has 1 saturated carbocycles. The fourth-order valence-electron chi connectivity index (χ4n) is 2.97. The number of amides is 2. The van der Waals surface area contributed by atoms with Gasteiger partial charge in [-0.05, 0) is 25.3 Å². The molecule has 0 atom stereocenters. The molecule has 1 aromatic carbocycles. The van der Waals surface area contributed by atoms with Crippen LogP contribution in [0.1, 0.15) is 42.5 Å². The second-order valence-electron chi connectivity index (χ2n) is 6.55. The molecule has 0 radical (unpaired) electrons. The Morgan fingerprint density at radius 3 is 2.64 bits per heavy atom. The molecule has 1 aliphatic rings. The number of anilines is 1. The summed E-state index contributed by atoms with van der Waals surface area (Å²) in [6.45, 7) is 2.54. The molecule has 2 amide bonds. The van der Waals surface area contributed by atoms with Crippen LogP contribution in [0.2, 0.25) is 0 Å². The van der Waals surface area contributed by atoms with E-state index in [1.165, 1.54) is 16.9 Å². The predicted octanol–water partition coefficient (Wildman–Crippen LogP) is 3.44. The Bertz CT molecular complexity index is 733. The van der Waals surface area contributed by atoms with Gasteiger partial charge in [-0.25, -0.2) is 4.98 Å². The zero-order chi connectivity index (χ0) is 17.6. The average Bonchev–Trinajstić information content (AvgIpc) is 3.26. The van der Waals surface area contributed by atoms with Crippen LogP contribution >= 0.6 is 11.3 Å². The van der Waals surface area contributed by atoms with Gasteiger partial charge in [-0.15, -0.1) is 11.3 Å². The van der Waals surface area contributed by atoms with Gasteiger partial charge in [0.05, 0.1) is 12.1 Å². The molecule has 3 rings (SSSR count). The molecule has 1 aromatic heterocycles. The minimum absolute atomic E-state index is 0.0576. The highest BCUT2D eigenvalue weighted by molar-refractivity contribution is 7.13. The zero-order valence-electron chi connectivity index (χ0n) is 14.4. The van der Waals surface area contributed by atoms with Crippen LogP contribution < -0.4 is 10.6 Å². The van der Waals surface area contributed by atoms with Crippen LogP contribution in [0, 0.1) is 12.8 Å². The number of aromatic nitrogens is 1. The smallest absolute Gasteiger partial charge is 0.229 e. The molecular weight excluding hydrogens is 334 g/mol. The van der Waals surface area contributed by atoms with Crippen molar-refractivity contribution in [3.63, 3.8) is 0 Å². The summed E-state index contributed by atoms with van der Waals surface area (Å²) in [6.07, 6.45) is 4.41. The Hall–Kier alpha value is -2.21. The average molecular weight is 357 g/mol. The van der Waals surface area contributed by atoms with E-state index in [9.17, 15) is 9.59 Å². The molecule has 0 bridgehead atoms. The van der Waals surface area contributed by atoms with Gasteiger partial charge in [-0.3, -0.25) is 9.59 Å². The second kappa shape index (κ2) is 8.25. The highest BCUT2D eigenvalue weighted by atomic mass is 32.1. The van der Waals surface area contributed by atoms with E-state index in [2.05, 4.69) is 15.6 Å². The Morgan fingerprint density at radius 2 is 1.92 bits per heavy atom. The number of carbonyl (C=O) groups is 2. The van der Waals surface area contributed by atoms with Gasteiger partial charge in [-0.2, -0.15) is 0 Å². The second-order valence-corrected chi connectivity index (χ2v) is 7.41. The first-order chi connectivity index (χ1) is 12.1. The van der Waals surface area contributed by atoms with Crippen molar-refractivity contribution in [3.05, 3.63) is 46.5 Å². The van der Waals surface area contributed by atoms with E-state index in [1.807, 2.05) is 36.6 Å². The molecule has 1 heterocycles. The first-order valence-corrected chi connectivity index (χ1v) is 9.55. The monoisotopic (exact) mass is 357 g/mol. The first kappa shape index (κ1) is 17.6. The topological polar surface area (TPSA) is 71.1 Å². The quantitative estimate of drug-likeness (QED) is 0.832. The normalized spacial score (nSPS) is 14.4. The Kier molecular flexibility index (Phi) is 5.81. The van der Waals surface area contributed by atoms with Crippen molar-refractivity contribution in [2.45, 2.75) is 45.6 Å². The predicted molar refractivity (Wildman–Crippen MR) is 99.4 cm³/mol. The van der Waals surface area contributed by atoms with E-state index in [4.69, 9.17) is 0 Å². The third-order valence-corrected chi connectivity index (χ3v) is 5.27. The minimum atomic E-state index is -0.0699. The molecule has 1 fully saturated rings.